The minimum atomic E-state index is -4.88. The first-order valence-electron chi connectivity index (χ1n) is 10.4. The highest BCUT2D eigenvalue weighted by atomic mass is 19.4. The van der Waals surface area contributed by atoms with E-state index in [1.165, 1.54) is 19.1 Å². The topological polar surface area (TPSA) is 30.5 Å². The lowest BCUT2D eigenvalue weighted by Crippen LogP contribution is -2.34. The fraction of sp³-hybridized carbons (Fsp3) is 0.478. The van der Waals surface area contributed by atoms with Crippen molar-refractivity contribution in [1.29, 1.82) is 0 Å². The van der Waals surface area contributed by atoms with Gasteiger partial charge in [0.25, 0.3) is 0 Å². The molecule has 0 saturated carbocycles. The van der Waals surface area contributed by atoms with Crippen LogP contribution in [0.4, 0.5) is 30.7 Å². The van der Waals surface area contributed by atoms with Gasteiger partial charge in [0, 0.05) is 13.0 Å². The fourth-order valence-electron chi connectivity index (χ4n) is 3.83. The molecule has 182 valence electrons. The third kappa shape index (κ3) is 7.15. The predicted octanol–water partition coefficient (Wildman–Crippen LogP) is 6.21. The number of rotatable bonds is 3. The van der Waals surface area contributed by atoms with Crippen molar-refractivity contribution in [3.63, 3.8) is 0 Å². The number of benzene rings is 2. The highest BCUT2D eigenvalue weighted by Gasteiger charge is 2.38. The molecular weight excluding hydrogens is 455 g/mol. The molecule has 2 aromatic carbocycles. The molecule has 0 aliphatic carbocycles. The molecule has 2 heterocycles. The Labute approximate surface area is 186 Å². The van der Waals surface area contributed by atoms with Crippen LogP contribution in [0.25, 0.3) is 0 Å². The summed E-state index contributed by atoms with van der Waals surface area (Å²) in [5.74, 6) is 0.534. The molecule has 0 aromatic heterocycles. The van der Waals surface area contributed by atoms with Gasteiger partial charge in [-0.25, -0.2) is 4.39 Å². The van der Waals surface area contributed by atoms with Crippen LogP contribution in [-0.2, 0) is 21.8 Å². The Morgan fingerprint density at radius 3 is 2.00 bits per heavy atom. The standard InChI is InChI=1S/C17H19F6NO2.C6H5F/c1-9(26-15-4-11-6-24-7-12(11)8-25-15)10-2-13(16(18,19)20)5-14(3-10)17(21,22)23;7-6-4-2-1-3-5-6/h2-3,5,9,11-12,15,24H,4,6-8H2,1H3;1-5H. The first-order valence-corrected chi connectivity index (χ1v) is 10.4. The van der Waals surface area contributed by atoms with E-state index in [9.17, 15) is 30.7 Å². The van der Waals surface area contributed by atoms with Crippen molar-refractivity contribution >= 4 is 0 Å². The second kappa shape index (κ2) is 10.4. The number of fused-ring (bicyclic) bond motifs is 1. The number of hydrogen-bond donors (Lipinski definition) is 1. The van der Waals surface area contributed by atoms with Gasteiger partial charge >= 0.3 is 12.4 Å². The first kappa shape index (κ1) is 25.5. The smallest absolute Gasteiger partial charge is 0.352 e. The fourth-order valence-corrected chi connectivity index (χ4v) is 3.83. The van der Waals surface area contributed by atoms with Gasteiger partial charge in [0.2, 0.25) is 0 Å². The molecule has 1 N–H and O–H groups in total. The summed E-state index contributed by atoms with van der Waals surface area (Å²) in [7, 11) is 0. The molecule has 0 bridgehead atoms. The Kier molecular flexibility index (Phi) is 8.02. The minimum absolute atomic E-state index is 0.113. The molecule has 2 saturated heterocycles. The lowest BCUT2D eigenvalue weighted by atomic mass is 9.91. The van der Waals surface area contributed by atoms with Crippen LogP contribution in [0.3, 0.4) is 0 Å². The van der Waals surface area contributed by atoms with Crippen molar-refractivity contribution in [2.75, 3.05) is 19.7 Å². The van der Waals surface area contributed by atoms with E-state index >= 15 is 0 Å². The van der Waals surface area contributed by atoms with Gasteiger partial charge in [-0.05, 0) is 61.2 Å². The minimum Gasteiger partial charge on any atom is -0.352 e. The molecule has 4 atom stereocenters. The van der Waals surface area contributed by atoms with E-state index in [-0.39, 0.29) is 17.4 Å². The number of nitrogens with one attached hydrogen (secondary N) is 1. The summed E-state index contributed by atoms with van der Waals surface area (Å²) in [6.45, 7) is 3.54. The van der Waals surface area contributed by atoms with E-state index < -0.39 is 35.9 Å². The highest BCUT2D eigenvalue weighted by molar-refractivity contribution is 5.34. The van der Waals surface area contributed by atoms with Crippen LogP contribution in [0, 0.1) is 17.7 Å². The Hall–Kier alpha value is -2.17. The van der Waals surface area contributed by atoms with E-state index in [4.69, 9.17) is 9.47 Å². The molecule has 33 heavy (non-hydrogen) atoms. The van der Waals surface area contributed by atoms with Crippen LogP contribution in [0.15, 0.2) is 48.5 Å². The van der Waals surface area contributed by atoms with Crippen LogP contribution in [-0.4, -0.2) is 26.0 Å². The highest BCUT2D eigenvalue weighted by Crippen LogP contribution is 2.39. The molecule has 2 aromatic rings. The van der Waals surface area contributed by atoms with Crippen LogP contribution >= 0.6 is 0 Å². The van der Waals surface area contributed by atoms with Crippen LogP contribution in [0.1, 0.15) is 36.1 Å². The lowest BCUT2D eigenvalue weighted by molar-refractivity contribution is -0.205. The lowest BCUT2D eigenvalue weighted by Gasteiger charge is -2.33. The number of ether oxygens (including phenoxy) is 2. The Bertz CT molecular complexity index is 870. The SMILES string of the molecule is CC(OC1CC2CNCC2CO1)c1cc(C(F)(F)F)cc(C(F)(F)F)c1.Fc1ccccc1. The summed E-state index contributed by atoms with van der Waals surface area (Å²) >= 11 is 0. The molecule has 0 radical (unpaired) electrons. The zero-order valence-electron chi connectivity index (χ0n) is 17.7. The van der Waals surface area contributed by atoms with Gasteiger partial charge in [-0.2, -0.15) is 26.3 Å². The van der Waals surface area contributed by atoms with E-state index in [0.29, 0.717) is 37.0 Å². The number of alkyl halides is 6. The quantitative estimate of drug-likeness (QED) is 0.531. The van der Waals surface area contributed by atoms with Gasteiger partial charge in [-0.15, -0.1) is 0 Å². The molecular formula is C23H24F7NO2. The average molecular weight is 479 g/mol. The summed E-state index contributed by atoms with van der Waals surface area (Å²) in [5.41, 5.74) is -2.87. The van der Waals surface area contributed by atoms with Crippen LogP contribution in [0.2, 0.25) is 0 Å². The zero-order chi connectivity index (χ0) is 24.2. The third-order valence-corrected chi connectivity index (χ3v) is 5.64. The summed E-state index contributed by atoms with van der Waals surface area (Å²) in [4.78, 5) is 0. The Morgan fingerprint density at radius 1 is 0.909 bits per heavy atom. The monoisotopic (exact) mass is 479 g/mol. The van der Waals surface area contributed by atoms with Gasteiger partial charge in [-0.1, -0.05) is 18.2 Å². The second-order valence-corrected chi connectivity index (χ2v) is 8.09. The summed E-state index contributed by atoms with van der Waals surface area (Å²) < 4.78 is 101. The molecule has 4 rings (SSSR count). The number of hydrogen-bond acceptors (Lipinski definition) is 3. The average Bonchev–Trinajstić information content (AvgIpc) is 3.21. The predicted molar refractivity (Wildman–Crippen MR) is 107 cm³/mol. The van der Waals surface area contributed by atoms with Crippen LogP contribution in [0.5, 0.6) is 0 Å². The molecule has 2 aliphatic heterocycles. The summed E-state index contributed by atoms with van der Waals surface area (Å²) in [6.07, 6.45) is -10.8. The maximum Gasteiger partial charge on any atom is 0.416 e. The van der Waals surface area contributed by atoms with Gasteiger partial charge < -0.3 is 14.8 Å². The molecule has 0 amide bonds. The van der Waals surface area contributed by atoms with Gasteiger partial charge in [0.1, 0.15) is 5.82 Å². The molecule has 3 nitrogen and oxygen atoms in total. The molecule has 10 heteroatoms. The van der Waals surface area contributed by atoms with Gasteiger partial charge in [0.15, 0.2) is 6.29 Å². The van der Waals surface area contributed by atoms with E-state index in [1.54, 1.807) is 18.2 Å². The Morgan fingerprint density at radius 2 is 1.48 bits per heavy atom. The normalized spacial score (nSPS) is 23.9. The largest absolute Gasteiger partial charge is 0.416 e. The third-order valence-electron chi connectivity index (χ3n) is 5.64. The van der Waals surface area contributed by atoms with E-state index in [0.717, 1.165) is 13.1 Å². The maximum atomic E-state index is 13.0. The molecule has 2 aliphatic rings. The van der Waals surface area contributed by atoms with Crippen LogP contribution < -0.4 is 5.32 Å². The van der Waals surface area contributed by atoms with Crippen molar-refractivity contribution in [2.45, 2.75) is 38.1 Å². The second-order valence-electron chi connectivity index (χ2n) is 8.09. The van der Waals surface area contributed by atoms with Gasteiger partial charge in [-0.3, -0.25) is 0 Å². The maximum absolute atomic E-state index is 13.0. The Balaban J connectivity index is 0.000000374. The molecule has 4 unspecified atom stereocenters. The van der Waals surface area contributed by atoms with E-state index in [2.05, 4.69) is 5.32 Å². The van der Waals surface area contributed by atoms with Crippen molar-refractivity contribution in [1.82, 2.24) is 5.32 Å². The van der Waals surface area contributed by atoms with Crippen molar-refractivity contribution < 1.29 is 40.2 Å². The van der Waals surface area contributed by atoms with Crippen molar-refractivity contribution in [3.05, 3.63) is 71.0 Å². The van der Waals surface area contributed by atoms with Crippen molar-refractivity contribution in [2.24, 2.45) is 11.8 Å². The van der Waals surface area contributed by atoms with Gasteiger partial charge in [0.05, 0.1) is 23.8 Å². The summed E-state index contributed by atoms with van der Waals surface area (Å²) in [6, 6.07) is 9.45. The number of halogens is 7. The molecule has 0 spiro atoms. The van der Waals surface area contributed by atoms with Crippen molar-refractivity contribution in [3.8, 4) is 0 Å². The summed E-state index contributed by atoms with van der Waals surface area (Å²) in [5, 5.41) is 3.23. The molecule has 2 fully saturated rings. The van der Waals surface area contributed by atoms with E-state index in [1.807, 2.05) is 0 Å². The first-order chi connectivity index (χ1) is 15.4. The zero-order valence-corrected chi connectivity index (χ0v) is 17.7.